The van der Waals surface area contributed by atoms with Gasteiger partial charge in [0, 0.05) is 23.7 Å². The summed E-state index contributed by atoms with van der Waals surface area (Å²) in [4.78, 5) is 55.8. The molecule has 0 bridgehead atoms. The Bertz CT molecular complexity index is 3260. The van der Waals surface area contributed by atoms with Crippen molar-refractivity contribution in [1.29, 1.82) is 0 Å². The van der Waals surface area contributed by atoms with Crippen molar-refractivity contribution in [2.45, 2.75) is 231 Å². The van der Waals surface area contributed by atoms with Gasteiger partial charge in [-0.15, -0.1) is 0 Å². The summed E-state index contributed by atoms with van der Waals surface area (Å²) in [7, 11) is 0. The Kier molecular flexibility index (Phi) is 22.7. The minimum Gasteiger partial charge on any atom is -0.487 e. The monoisotopic (exact) mass is 1150 g/mol. The number of rotatable bonds is 30. The van der Waals surface area contributed by atoms with Crippen LogP contribution in [0.2, 0.25) is 0 Å². The number of esters is 2. The summed E-state index contributed by atoms with van der Waals surface area (Å²) in [6.45, 7) is 38.0. The number of aryl methyl sites for hydroxylation is 6. The van der Waals surface area contributed by atoms with Gasteiger partial charge in [-0.3, -0.25) is 9.59 Å². The van der Waals surface area contributed by atoms with E-state index in [2.05, 4.69) is 152 Å². The number of hydrogen-bond donors (Lipinski definition) is 0. The molecule has 0 aliphatic rings. The zero-order valence-electron chi connectivity index (χ0n) is 55.1. The Balaban J connectivity index is 1.16. The van der Waals surface area contributed by atoms with Crippen molar-refractivity contribution in [1.82, 2.24) is 0 Å². The summed E-state index contributed by atoms with van der Waals surface area (Å²) < 4.78 is 26.1. The van der Waals surface area contributed by atoms with Crippen molar-refractivity contribution in [2.75, 3.05) is 0 Å². The highest BCUT2D eigenvalue weighted by atomic mass is 16.5. The molecule has 4 atom stereocenters. The maximum atomic E-state index is 15.3. The van der Waals surface area contributed by atoms with Crippen LogP contribution in [0.1, 0.15) is 236 Å². The number of Topliss-reactive ketones (excluding diaryl/α,β-unsaturated/α-hetero) is 2. The van der Waals surface area contributed by atoms with Crippen molar-refractivity contribution in [3.63, 3.8) is 0 Å². The van der Waals surface area contributed by atoms with Crippen molar-refractivity contribution in [3.05, 3.63) is 176 Å². The van der Waals surface area contributed by atoms with E-state index in [1.807, 2.05) is 57.2 Å². The van der Waals surface area contributed by atoms with Crippen LogP contribution in [0.5, 0.6) is 23.0 Å². The summed E-state index contributed by atoms with van der Waals surface area (Å²) in [5.41, 5.74) is 9.99. The van der Waals surface area contributed by atoms with E-state index >= 15 is 4.79 Å². The Morgan fingerprint density at radius 1 is 0.400 bits per heavy atom. The van der Waals surface area contributed by atoms with Gasteiger partial charge >= 0.3 is 11.9 Å². The second-order valence-electron chi connectivity index (χ2n) is 25.5. The van der Waals surface area contributed by atoms with Gasteiger partial charge in [0.2, 0.25) is 0 Å². The SMILES string of the molecule is CCCC(C)(CC)Oc1ccc(C(C)(C)c2ccc(OC(=O)c3ccc(CC(=O)C(CC)(CCC)C(CC)(CCC)Oc4c(C)cc(-c5cc(C)c(OC(=O)c6ccc(CC(=O)C(C)(CC)CCC)cc6)c(C)c5)cc4C)cc3)c(C)c2)cc1C. The van der Waals surface area contributed by atoms with Gasteiger partial charge in [-0.1, -0.05) is 150 Å². The van der Waals surface area contributed by atoms with Gasteiger partial charge in [0.25, 0.3) is 0 Å². The van der Waals surface area contributed by atoms with E-state index in [1.54, 1.807) is 24.3 Å². The molecule has 6 aromatic carbocycles. The van der Waals surface area contributed by atoms with Gasteiger partial charge < -0.3 is 18.9 Å². The molecule has 0 amide bonds. The van der Waals surface area contributed by atoms with Gasteiger partial charge in [-0.05, 0) is 227 Å². The van der Waals surface area contributed by atoms with Crippen molar-refractivity contribution in [2.24, 2.45) is 10.8 Å². The first-order valence-corrected chi connectivity index (χ1v) is 31.8. The van der Waals surface area contributed by atoms with Crippen molar-refractivity contribution in [3.8, 4) is 34.1 Å². The lowest BCUT2D eigenvalue weighted by Gasteiger charge is -2.50. The van der Waals surface area contributed by atoms with Crippen LogP contribution >= 0.6 is 0 Å². The molecule has 85 heavy (non-hydrogen) atoms. The van der Waals surface area contributed by atoms with Crippen molar-refractivity contribution >= 4 is 23.5 Å². The molecule has 0 aromatic heterocycles. The molecule has 456 valence electrons. The number of benzene rings is 6. The molecule has 0 aliphatic carbocycles. The van der Waals surface area contributed by atoms with E-state index in [1.165, 1.54) is 5.56 Å². The van der Waals surface area contributed by atoms with Crippen LogP contribution in [0.3, 0.4) is 0 Å². The number of carbonyl (C=O) groups is 4. The van der Waals surface area contributed by atoms with E-state index in [0.717, 1.165) is 124 Å². The molecule has 0 saturated carbocycles. The van der Waals surface area contributed by atoms with Gasteiger partial charge in [0.1, 0.15) is 45.8 Å². The zero-order valence-corrected chi connectivity index (χ0v) is 55.1. The number of hydrogen-bond acceptors (Lipinski definition) is 8. The normalized spacial score (nSPS) is 14.5. The van der Waals surface area contributed by atoms with Crippen molar-refractivity contribution < 1.29 is 38.1 Å². The molecule has 0 heterocycles. The first kappa shape index (κ1) is 67.3. The molecule has 0 spiro atoms. The minimum absolute atomic E-state index is 0.136. The third-order valence-corrected chi connectivity index (χ3v) is 18.9. The number of carbonyl (C=O) groups excluding carboxylic acids is 4. The Morgan fingerprint density at radius 2 is 0.847 bits per heavy atom. The molecule has 6 aromatic rings. The van der Waals surface area contributed by atoms with E-state index < -0.39 is 23.0 Å². The summed E-state index contributed by atoms with van der Waals surface area (Å²) >= 11 is 0. The number of ketones is 2. The van der Waals surface area contributed by atoms with E-state index in [9.17, 15) is 14.4 Å². The van der Waals surface area contributed by atoms with Gasteiger partial charge in [-0.25, -0.2) is 9.59 Å². The molecule has 0 aliphatic heterocycles. The maximum Gasteiger partial charge on any atom is 0.343 e. The number of ether oxygens (including phenoxy) is 4. The second kappa shape index (κ2) is 28.6. The lowest BCUT2D eigenvalue weighted by molar-refractivity contribution is -0.148. The highest BCUT2D eigenvalue weighted by Crippen LogP contribution is 2.50. The average Bonchev–Trinajstić information content (AvgIpc) is 3.55. The van der Waals surface area contributed by atoms with Crippen LogP contribution in [-0.2, 0) is 27.8 Å². The third-order valence-electron chi connectivity index (χ3n) is 18.9. The largest absolute Gasteiger partial charge is 0.487 e. The predicted molar refractivity (Wildman–Crippen MR) is 349 cm³/mol. The van der Waals surface area contributed by atoms with Crippen LogP contribution in [-0.4, -0.2) is 34.7 Å². The second-order valence-corrected chi connectivity index (χ2v) is 25.5. The fraction of sp³-hybridized carbons (Fsp3) is 0.481. The standard InChI is InChI=1S/C77H100O8/c1-19-39-74(17,23-5)67(78)49-57-27-33-60(34-28-57)72(81)83-69-53(11)43-61(44-54(69)12)62-45-55(13)70(56(14)46-62)85-77(26-8,42-22-4)76(25-7,41-21-3)68(79)50-58-29-31-59(32-30-58)71(80)82-65-37-35-63(47-51(65)9)73(15,16)64-36-38-66(52(10)48-64)84-75(18,24-6)40-20-2/h27-38,43-48H,19-26,39-42,49-50H2,1-18H3. The topological polar surface area (TPSA) is 105 Å². The zero-order chi connectivity index (χ0) is 62.7. The van der Waals surface area contributed by atoms with Gasteiger partial charge in [0.15, 0.2) is 0 Å². The Hall–Kier alpha value is -6.80. The minimum atomic E-state index is -0.796. The summed E-state index contributed by atoms with van der Waals surface area (Å²) in [6.07, 6.45) is 10.4. The molecule has 0 fully saturated rings. The molecule has 8 nitrogen and oxygen atoms in total. The molecule has 6 rings (SSSR count). The van der Waals surface area contributed by atoms with Crippen LogP contribution in [0.4, 0.5) is 0 Å². The summed E-state index contributed by atoms with van der Waals surface area (Å²) in [5.74, 6) is 2.20. The lowest BCUT2D eigenvalue weighted by Crippen LogP contribution is -2.57. The summed E-state index contributed by atoms with van der Waals surface area (Å²) in [6, 6.07) is 35.4. The molecular weight excluding hydrogens is 1050 g/mol. The average molecular weight is 1150 g/mol. The van der Waals surface area contributed by atoms with E-state index in [0.29, 0.717) is 54.7 Å². The molecular formula is C77H100O8. The third kappa shape index (κ3) is 15.1. The summed E-state index contributed by atoms with van der Waals surface area (Å²) in [5, 5.41) is 0. The fourth-order valence-corrected chi connectivity index (χ4v) is 13.1. The molecule has 4 unspecified atom stereocenters. The Labute approximate surface area is 511 Å². The first-order valence-electron chi connectivity index (χ1n) is 31.8. The molecule has 0 saturated heterocycles. The van der Waals surface area contributed by atoms with Crippen LogP contribution < -0.4 is 18.9 Å². The van der Waals surface area contributed by atoms with E-state index in [-0.39, 0.29) is 34.4 Å². The van der Waals surface area contributed by atoms with Gasteiger partial charge in [0.05, 0.1) is 16.5 Å². The fourth-order valence-electron chi connectivity index (χ4n) is 13.1. The molecule has 0 radical (unpaired) electrons. The van der Waals surface area contributed by atoms with E-state index in [4.69, 9.17) is 18.9 Å². The quantitative estimate of drug-likeness (QED) is 0.0324. The highest BCUT2D eigenvalue weighted by molar-refractivity contribution is 5.93. The smallest absolute Gasteiger partial charge is 0.343 e. The first-order chi connectivity index (χ1) is 40.3. The lowest BCUT2D eigenvalue weighted by atomic mass is 9.60. The predicted octanol–water partition coefficient (Wildman–Crippen LogP) is 20.0. The molecule has 8 heteroatoms. The Morgan fingerprint density at radius 3 is 1.27 bits per heavy atom. The van der Waals surface area contributed by atoms with Crippen LogP contribution in [0, 0.1) is 52.4 Å². The molecule has 0 N–H and O–H groups in total. The van der Waals surface area contributed by atoms with Crippen LogP contribution in [0.25, 0.3) is 11.1 Å². The van der Waals surface area contributed by atoms with Gasteiger partial charge in [-0.2, -0.15) is 0 Å². The highest BCUT2D eigenvalue weighted by Gasteiger charge is 2.55. The van der Waals surface area contributed by atoms with Crippen LogP contribution in [0.15, 0.2) is 109 Å². The maximum absolute atomic E-state index is 15.3.